The molecule has 5 nitrogen and oxygen atoms in total. The van der Waals surface area contributed by atoms with Crippen molar-refractivity contribution in [2.24, 2.45) is 0 Å². The van der Waals surface area contributed by atoms with Crippen LogP contribution >= 0.6 is 15.9 Å². The van der Waals surface area contributed by atoms with Gasteiger partial charge in [-0.05, 0) is 29.7 Å². The lowest BCUT2D eigenvalue weighted by Crippen LogP contribution is -2.86. The Hall–Kier alpha value is -1.91. The lowest BCUT2D eigenvalue weighted by atomic mass is 9.71. The van der Waals surface area contributed by atoms with Crippen molar-refractivity contribution in [2.75, 3.05) is 6.61 Å². The van der Waals surface area contributed by atoms with Gasteiger partial charge in [0.25, 0.3) is 5.91 Å². The Labute approximate surface area is 226 Å². The Bertz CT molecular complexity index is 1100. The highest BCUT2D eigenvalue weighted by Crippen LogP contribution is 2.50. The van der Waals surface area contributed by atoms with Gasteiger partial charge >= 0.3 is 6.09 Å². The van der Waals surface area contributed by atoms with Gasteiger partial charge in [0.1, 0.15) is 12.1 Å². The number of cyclic esters (lactones) is 1. The van der Waals surface area contributed by atoms with E-state index >= 15 is 0 Å². The van der Waals surface area contributed by atoms with Gasteiger partial charge in [0.05, 0.1) is 28.2 Å². The number of halogens is 1. The summed E-state index contributed by atoms with van der Waals surface area (Å²) in [5.74, 6) is 0.0897. The van der Waals surface area contributed by atoms with Gasteiger partial charge in [0.2, 0.25) is 0 Å². The van der Waals surface area contributed by atoms with Crippen molar-refractivity contribution in [3.8, 4) is 0 Å². The second-order valence-corrected chi connectivity index (χ2v) is 24.4. The van der Waals surface area contributed by atoms with E-state index in [4.69, 9.17) is 4.74 Å². The molecule has 3 atom stereocenters. The Morgan fingerprint density at radius 1 is 0.972 bits per heavy atom. The number of hydrogen-bond donors (Lipinski definition) is 0. The quantitative estimate of drug-likeness (QED) is 0.256. The van der Waals surface area contributed by atoms with Gasteiger partial charge in [-0.3, -0.25) is 9.69 Å². The first-order valence-corrected chi connectivity index (χ1v) is 20.9. The molecular formula is C28H39BrN2O3Si2. The maximum Gasteiger partial charge on any atom is 0.411 e. The summed E-state index contributed by atoms with van der Waals surface area (Å²) in [6, 6.07) is 17.8. The van der Waals surface area contributed by atoms with Crippen LogP contribution in [0.2, 0.25) is 39.3 Å². The number of β-lactam (4-membered cyclic amide) rings is 1. The summed E-state index contributed by atoms with van der Waals surface area (Å²) in [4.78, 5) is 32.2. The molecule has 2 aliphatic heterocycles. The molecule has 2 fully saturated rings. The zero-order valence-electron chi connectivity index (χ0n) is 22.5. The second-order valence-electron chi connectivity index (χ2n) is 12.4. The standard InChI is InChI=1S/C28H39BrN2O3Si2/c1-8-24-28(18-20-14-16-22(29)17-15-20,25(32)30(24)27(35(2,3)4)36(5,6)7)31-23(19-34-26(31)33)21-12-10-9-11-13-21/h9-17,23-24,27H,8,18-19H2,1-7H3/t23-,24-,28-/m1/s1. The maximum atomic E-state index is 14.7. The highest BCUT2D eigenvalue weighted by atomic mass is 79.9. The number of nitrogens with zero attached hydrogens (tertiary/aromatic N) is 2. The van der Waals surface area contributed by atoms with Gasteiger partial charge in [0.15, 0.2) is 0 Å². The summed E-state index contributed by atoms with van der Waals surface area (Å²) < 4.78 is 6.66. The van der Waals surface area contributed by atoms with Crippen LogP contribution in [0.3, 0.4) is 0 Å². The van der Waals surface area contributed by atoms with Crippen molar-refractivity contribution < 1.29 is 14.3 Å². The van der Waals surface area contributed by atoms with Crippen LogP contribution in [0.15, 0.2) is 59.1 Å². The molecule has 36 heavy (non-hydrogen) atoms. The SMILES string of the molecule is CC[C@H]1N(C([Si](C)(C)C)[Si](C)(C)C)C(=O)[C@]1(Cc1ccc(Br)cc1)N1C(=O)OC[C@@H]1c1ccccc1. The molecule has 4 rings (SSSR count). The Morgan fingerprint density at radius 2 is 1.56 bits per heavy atom. The van der Waals surface area contributed by atoms with Crippen LogP contribution in [0.25, 0.3) is 0 Å². The monoisotopic (exact) mass is 586 g/mol. The zero-order chi connectivity index (χ0) is 26.5. The first-order chi connectivity index (χ1) is 16.8. The zero-order valence-corrected chi connectivity index (χ0v) is 26.1. The van der Waals surface area contributed by atoms with Crippen LogP contribution < -0.4 is 0 Å². The van der Waals surface area contributed by atoms with E-state index in [2.05, 4.69) is 79.2 Å². The molecule has 0 unspecified atom stereocenters. The Kier molecular flexibility index (Phi) is 7.36. The molecule has 2 saturated heterocycles. The lowest BCUT2D eigenvalue weighted by Gasteiger charge is -2.65. The van der Waals surface area contributed by atoms with E-state index in [-0.39, 0.29) is 36.0 Å². The molecule has 2 aromatic rings. The molecule has 194 valence electrons. The largest absolute Gasteiger partial charge is 0.447 e. The van der Waals surface area contributed by atoms with E-state index < -0.39 is 21.7 Å². The molecule has 8 heteroatoms. The van der Waals surface area contributed by atoms with Crippen molar-refractivity contribution in [1.29, 1.82) is 0 Å². The van der Waals surface area contributed by atoms with Crippen molar-refractivity contribution in [2.45, 2.75) is 82.0 Å². The number of likely N-dealkylation sites (tertiary alicyclic amines) is 1. The normalized spacial score (nSPS) is 24.8. The van der Waals surface area contributed by atoms with Crippen LogP contribution in [0, 0.1) is 0 Å². The maximum absolute atomic E-state index is 14.7. The fourth-order valence-electron chi connectivity index (χ4n) is 6.88. The average Bonchev–Trinajstić information content (AvgIpc) is 3.19. The van der Waals surface area contributed by atoms with E-state index in [0.717, 1.165) is 22.0 Å². The first-order valence-electron chi connectivity index (χ1n) is 12.9. The first kappa shape index (κ1) is 27.1. The molecule has 0 bridgehead atoms. The minimum atomic E-state index is -1.73. The fourth-order valence-corrected chi connectivity index (χ4v) is 19.8. The predicted molar refractivity (Wildman–Crippen MR) is 154 cm³/mol. The van der Waals surface area contributed by atoms with E-state index in [1.165, 1.54) is 0 Å². The van der Waals surface area contributed by atoms with E-state index in [9.17, 15) is 9.59 Å². The molecule has 2 aromatic carbocycles. The van der Waals surface area contributed by atoms with Crippen molar-refractivity contribution >= 4 is 44.1 Å². The fraction of sp³-hybridized carbons (Fsp3) is 0.500. The van der Waals surface area contributed by atoms with E-state index in [1.54, 1.807) is 0 Å². The third-order valence-corrected chi connectivity index (χ3v) is 17.2. The summed E-state index contributed by atoms with van der Waals surface area (Å²) in [6.07, 6.45) is 0.889. The smallest absolute Gasteiger partial charge is 0.411 e. The van der Waals surface area contributed by atoms with Gasteiger partial charge in [-0.25, -0.2) is 4.79 Å². The third kappa shape index (κ3) is 4.60. The number of rotatable bonds is 8. The van der Waals surface area contributed by atoms with Gasteiger partial charge in [-0.2, -0.15) is 0 Å². The second kappa shape index (κ2) is 9.76. The van der Waals surface area contributed by atoms with Crippen molar-refractivity contribution in [3.63, 3.8) is 0 Å². The summed E-state index contributed by atoms with van der Waals surface area (Å²) in [5, 5.41) is 0.286. The van der Waals surface area contributed by atoms with Crippen LogP contribution in [0.5, 0.6) is 0 Å². The molecule has 0 aromatic heterocycles. The minimum Gasteiger partial charge on any atom is -0.447 e. The van der Waals surface area contributed by atoms with Crippen LogP contribution in [-0.2, 0) is 16.0 Å². The number of benzene rings is 2. The minimum absolute atomic E-state index is 0.0611. The van der Waals surface area contributed by atoms with Crippen LogP contribution in [0.1, 0.15) is 30.5 Å². The van der Waals surface area contributed by atoms with E-state index in [0.29, 0.717) is 6.42 Å². The molecule has 0 N–H and O–H groups in total. The van der Waals surface area contributed by atoms with E-state index in [1.807, 2.05) is 47.4 Å². The summed E-state index contributed by atoms with van der Waals surface area (Å²) in [6.45, 7) is 16.7. The molecule has 0 saturated carbocycles. The number of hydrogen-bond acceptors (Lipinski definition) is 3. The third-order valence-electron chi connectivity index (χ3n) is 7.67. The van der Waals surface area contributed by atoms with Crippen molar-refractivity contribution in [3.05, 3.63) is 70.2 Å². The molecule has 0 spiro atoms. The summed E-state index contributed by atoms with van der Waals surface area (Å²) >= 11 is 3.53. The predicted octanol–water partition coefficient (Wildman–Crippen LogP) is 6.67. The summed E-state index contributed by atoms with van der Waals surface area (Å²) in [5.41, 5.74) is 1.09. The molecule has 0 radical (unpaired) electrons. The van der Waals surface area contributed by atoms with Crippen molar-refractivity contribution in [1.82, 2.24) is 9.80 Å². The van der Waals surface area contributed by atoms with Crippen LogP contribution in [-0.4, -0.2) is 61.4 Å². The van der Waals surface area contributed by atoms with Gasteiger partial charge in [-0.15, -0.1) is 0 Å². The molecule has 2 aliphatic rings. The number of amides is 2. The number of carbonyl (C=O) groups is 2. The molecular weight excluding hydrogens is 548 g/mol. The molecule has 0 aliphatic carbocycles. The Morgan fingerprint density at radius 3 is 2.08 bits per heavy atom. The topological polar surface area (TPSA) is 49.9 Å². The Balaban J connectivity index is 1.87. The molecule has 2 heterocycles. The van der Waals surface area contributed by atoms with Gasteiger partial charge in [0, 0.05) is 16.2 Å². The van der Waals surface area contributed by atoms with Gasteiger partial charge < -0.3 is 9.64 Å². The average molecular weight is 588 g/mol. The lowest BCUT2D eigenvalue weighted by molar-refractivity contribution is -0.175. The van der Waals surface area contributed by atoms with Gasteiger partial charge in [-0.1, -0.05) is 105 Å². The number of ether oxygens (including phenoxy) is 1. The highest BCUT2D eigenvalue weighted by Gasteiger charge is 2.70. The summed E-state index contributed by atoms with van der Waals surface area (Å²) in [7, 11) is -3.46. The highest BCUT2D eigenvalue weighted by molar-refractivity contribution is 9.10. The molecule has 2 amide bonds. The van der Waals surface area contributed by atoms with Crippen LogP contribution in [0.4, 0.5) is 4.79 Å². The number of carbonyl (C=O) groups excluding carboxylic acids is 2.